The number of rotatable bonds is 10. The van der Waals surface area contributed by atoms with Crippen molar-refractivity contribution >= 4 is 11.7 Å². The van der Waals surface area contributed by atoms with Gasteiger partial charge < -0.3 is 9.73 Å². The zero-order chi connectivity index (χ0) is 39.4. The van der Waals surface area contributed by atoms with Crippen molar-refractivity contribution in [1.82, 2.24) is 35.5 Å². The number of carbonyl (C=O) groups excluding carboxylic acids is 2. The van der Waals surface area contributed by atoms with Gasteiger partial charge in [-0.1, -0.05) is 61.4 Å². The maximum Gasteiger partial charge on any atom is 0.471 e. The Morgan fingerprint density at radius 3 is 1.58 bits per heavy atom. The van der Waals surface area contributed by atoms with E-state index in [-0.39, 0.29) is 27.8 Å². The molecule has 16 heteroatoms. The molecular weight excluding hydrogens is 728 g/mol. The highest BCUT2D eigenvalue weighted by atomic mass is 19.4. The van der Waals surface area contributed by atoms with Crippen molar-refractivity contribution in [2.75, 3.05) is 6.54 Å². The number of Topliss-reactive ketones (excluding diaryl/α,β-unsaturated/α-hetero) is 1. The van der Waals surface area contributed by atoms with Crippen LogP contribution < -0.4 is 5.32 Å². The summed E-state index contributed by atoms with van der Waals surface area (Å²) in [6.07, 6.45) is 3.60. The van der Waals surface area contributed by atoms with Gasteiger partial charge in [-0.2, -0.15) is 26.3 Å². The van der Waals surface area contributed by atoms with E-state index in [1.165, 1.54) is 47.0 Å². The van der Waals surface area contributed by atoms with Crippen molar-refractivity contribution in [2.45, 2.75) is 88.4 Å². The molecule has 3 aromatic heterocycles. The van der Waals surface area contributed by atoms with Crippen molar-refractivity contribution in [2.24, 2.45) is 0 Å². The second kappa shape index (κ2) is 15.7. The SMILES string of the molecule is Cc1ccccc1C1(Cc2ncc(-c3nnc(C(F)(F)F)o3)cn2)CCC1.Cc1ccccc1C1(Cc2ncc(C(=O)CNC(=O)C(F)(F)F)cn2)CCC1. The predicted octanol–water partition coefficient (Wildman–Crippen LogP) is 7.83. The van der Waals surface area contributed by atoms with Crippen LogP contribution in [0, 0.1) is 13.8 Å². The van der Waals surface area contributed by atoms with Crippen LogP contribution in [0.4, 0.5) is 26.3 Å². The molecule has 1 N–H and O–H groups in total. The number of nitrogens with zero attached hydrogens (tertiary/aromatic N) is 6. The average Bonchev–Trinajstić information content (AvgIpc) is 3.63. The van der Waals surface area contributed by atoms with Crippen molar-refractivity contribution in [3.63, 3.8) is 0 Å². The molecule has 0 bridgehead atoms. The van der Waals surface area contributed by atoms with Crippen LogP contribution in [-0.2, 0) is 34.6 Å². The molecule has 0 radical (unpaired) electrons. The largest absolute Gasteiger partial charge is 0.471 e. The van der Waals surface area contributed by atoms with E-state index in [1.54, 1.807) is 5.32 Å². The lowest BCUT2D eigenvalue weighted by molar-refractivity contribution is -0.173. The number of hydrogen-bond donors (Lipinski definition) is 1. The molecule has 0 saturated heterocycles. The van der Waals surface area contributed by atoms with E-state index in [2.05, 4.69) is 72.7 Å². The van der Waals surface area contributed by atoms with Gasteiger partial charge in [0.2, 0.25) is 0 Å². The van der Waals surface area contributed by atoms with Gasteiger partial charge >= 0.3 is 24.2 Å². The summed E-state index contributed by atoms with van der Waals surface area (Å²) >= 11 is 0. The number of carbonyl (C=O) groups is 2. The van der Waals surface area contributed by atoms with Crippen LogP contribution in [0.1, 0.15) is 88.7 Å². The lowest BCUT2D eigenvalue weighted by Crippen LogP contribution is -2.39. The summed E-state index contributed by atoms with van der Waals surface area (Å²) in [4.78, 5) is 39.9. The summed E-state index contributed by atoms with van der Waals surface area (Å²) in [7, 11) is 0. The van der Waals surface area contributed by atoms with Gasteiger partial charge in [-0.3, -0.25) is 9.59 Å². The van der Waals surface area contributed by atoms with E-state index in [1.807, 2.05) is 24.3 Å². The smallest absolute Gasteiger partial charge is 0.413 e. The molecule has 3 heterocycles. The summed E-state index contributed by atoms with van der Waals surface area (Å²) in [6.45, 7) is 3.43. The minimum Gasteiger partial charge on any atom is -0.413 e. The fourth-order valence-electron chi connectivity index (χ4n) is 7.19. The maximum atomic E-state index is 12.6. The molecule has 0 spiro atoms. The number of halogens is 6. The molecule has 2 aromatic carbocycles. The van der Waals surface area contributed by atoms with E-state index < -0.39 is 36.5 Å². The molecule has 288 valence electrons. The Balaban J connectivity index is 0.000000187. The van der Waals surface area contributed by atoms with Crippen LogP contribution in [0.3, 0.4) is 0 Å². The Kier molecular flexibility index (Phi) is 11.2. The zero-order valence-corrected chi connectivity index (χ0v) is 30.0. The molecular formula is C39H37F6N7O3. The van der Waals surface area contributed by atoms with E-state index in [0.29, 0.717) is 24.5 Å². The average molecular weight is 766 g/mol. The third kappa shape index (κ3) is 8.89. The number of benzene rings is 2. The Morgan fingerprint density at radius 2 is 1.18 bits per heavy atom. The van der Waals surface area contributed by atoms with Gasteiger partial charge in [-0.05, 0) is 61.8 Å². The Hall–Kier alpha value is -5.54. The molecule has 10 nitrogen and oxygen atoms in total. The molecule has 1 amide bonds. The van der Waals surface area contributed by atoms with Gasteiger partial charge in [0.15, 0.2) is 5.78 Å². The molecule has 55 heavy (non-hydrogen) atoms. The molecule has 0 unspecified atom stereocenters. The standard InChI is InChI=1S/C20H20F3N3O2.C19H17F3N4O/c1-13-5-2-3-6-15(13)19(7-4-8-19)9-17-24-10-14(11-25-17)16(27)12-26-18(28)20(21,22)23;1-12-5-2-3-6-14(12)18(7-4-8-18)9-15-23-10-13(11-24-15)16-25-26-17(27-16)19(20,21)22/h2-3,5-6,10-11H,4,7-9,12H2,1H3,(H,26,28);2-3,5-6,10-11H,4,7-9H2,1H3. The normalized spacial score (nSPS) is 15.9. The minimum atomic E-state index is -5.02. The molecule has 7 rings (SSSR count). The summed E-state index contributed by atoms with van der Waals surface area (Å²) in [6, 6.07) is 16.5. The van der Waals surface area contributed by atoms with Crippen LogP contribution in [0.25, 0.3) is 11.5 Å². The third-order valence-electron chi connectivity index (χ3n) is 10.4. The van der Waals surface area contributed by atoms with Gasteiger partial charge in [0, 0.05) is 48.5 Å². The number of aromatic nitrogens is 6. The lowest BCUT2D eigenvalue weighted by atomic mass is 9.61. The fraction of sp³-hybridized carbons (Fsp3) is 0.385. The van der Waals surface area contributed by atoms with Crippen molar-refractivity contribution in [3.8, 4) is 11.5 Å². The number of ketones is 1. The topological polar surface area (TPSA) is 137 Å². The Bertz CT molecular complexity index is 2130. The van der Waals surface area contributed by atoms with Gasteiger partial charge in [0.1, 0.15) is 11.6 Å². The van der Waals surface area contributed by atoms with E-state index in [4.69, 9.17) is 0 Å². The van der Waals surface area contributed by atoms with Gasteiger partial charge in [-0.15, -0.1) is 10.2 Å². The zero-order valence-electron chi connectivity index (χ0n) is 30.0. The van der Waals surface area contributed by atoms with E-state index >= 15 is 0 Å². The quantitative estimate of drug-likeness (QED) is 0.111. The molecule has 2 fully saturated rings. The highest BCUT2D eigenvalue weighted by Crippen LogP contribution is 2.48. The van der Waals surface area contributed by atoms with Crippen LogP contribution >= 0.6 is 0 Å². The second-order valence-electron chi connectivity index (χ2n) is 14.0. The number of hydrogen-bond acceptors (Lipinski definition) is 9. The number of amides is 1. The predicted molar refractivity (Wildman–Crippen MR) is 187 cm³/mol. The monoisotopic (exact) mass is 765 g/mol. The molecule has 5 aromatic rings. The van der Waals surface area contributed by atoms with Gasteiger partial charge in [0.25, 0.3) is 5.89 Å². The minimum absolute atomic E-state index is 0.0163. The summed E-state index contributed by atoms with van der Waals surface area (Å²) in [5.74, 6) is -3.22. The van der Waals surface area contributed by atoms with Crippen LogP contribution in [0.5, 0.6) is 0 Å². The van der Waals surface area contributed by atoms with E-state index in [9.17, 15) is 35.9 Å². The highest BCUT2D eigenvalue weighted by molar-refractivity contribution is 5.99. The Labute approximate surface area is 312 Å². The van der Waals surface area contributed by atoms with Crippen molar-refractivity contribution in [3.05, 3.63) is 119 Å². The van der Waals surface area contributed by atoms with E-state index in [0.717, 1.165) is 38.5 Å². The highest BCUT2D eigenvalue weighted by Gasteiger charge is 2.42. The first-order valence-electron chi connectivity index (χ1n) is 17.6. The molecule has 0 atom stereocenters. The first-order chi connectivity index (χ1) is 26.1. The van der Waals surface area contributed by atoms with Crippen LogP contribution in [-0.4, -0.2) is 54.5 Å². The summed E-state index contributed by atoms with van der Waals surface area (Å²) in [5, 5.41) is 8.00. The van der Waals surface area contributed by atoms with Gasteiger partial charge in [0.05, 0.1) is 17.7 Å². The van der Waals surface area contributed by atoms with Crippen molar-refractivity contribution in [1.29, 1.82) is 0 Å². The number of alkyl halides is 6. The molecule has 2 aliphatic carbocycles. The fourth-order valence-corrected chi connectivity index (χ4v) is 7.19. The van der Waals surface area contributed by atoms with Crippen LogP contribution in [0.2, 0.25) is 0 Å². The maximum absolute atomic E-state index is 12.6. The summed E-state index contributed by atoms with van der Waals surface area (Å²) < 4.78 is 78.9. The second-order valence-corrected chi connectivity index (χ2v) is 14.0. The summed E-state index contributed by atoms with van der Waals surface area (Å²) in [5.41, 5.74) is 5.40. The Morgan fingerprint density at radius 1 is 0.709 bits per heavy atom. The lowest BCUT2D eigenvalue weighted by Gasteiger charge is -2.43. The first-order valence-corrected chi connectivity index (χ1v) is 17.6. The molecule has 2 saturated carbocycles. The first kappa shape index (κ1) is 39.2. The number of aryl methyl sites for hydroxylation is 2. The molecule has 0 aliphatic heterocycles. The van der Waals surface area contributed by atoms with Crippen molar-refractivity contribution < 1.29 is 40.3 Å². The van der Waals surface area contributed by atoms with Crippen LogP contribution in [0.15, 0.2) is 77.7 Å². The third-order valence-corrected chi connectivity index (χ3v) is 10.4. The number of nitrogens with one attached hydrogen (secondary N) is 1. The van der Waals surface area contributed by atoms with Gasteiger partial charge in [-0.25, -0.2) is 19.9 Å². The molecule has 2 aliphatic rings.